The average molecular weight is 350 g/mol. The van der Waals surface area contributed by atoms with Gasteiger partial charge in [-0.1, -0.05) is 28.1 Å². The summed E-state index contributed by atoms with van der Waals surface area (Å²) < 4.78 is 0.835. The van der Waals surface area contributed by atoms with E-state index < -0.39 is 12.1 Å². The number of ketones is 1. The highest BCUT2D eigenvalue weighted by Gasteiger charge is 2.22. The number of nitrogens with two attached hydrogens (primary N) is 1. The van der Waals surface area contributed by atoms with Crippen molar-refractivity contribution in [2.75, 3.05) is 5.73 Å². The van der Waals surface area contributed by atoms with Crippen LogP contribution in [0.25, 0.3) is 0 Å². The Hall–Kier alpha value is -2.18. The second-order valence-corrected chi connectivity index (χ2v) is 5.30. The summed E-state index contributed by atoms with van der Waals surface area (Å²) in [6.45, 7) is 0. The van der Waals surface area contributed by atoms with Crippen molar-refractivity contribution in [3.63, 3.8) is 0 Å². The molecular weight excluding hydrogens is 338 g/mol. The molecule has 0 fully saturated rings. The van der Waals surface area contributed by atoms with Crippen LogP contribution in [0.2, 0.25) is 0 Å². The van der Waals surface area contributed by atoms with Crippen LogP contribution >= 0.6 is 15.9 Å². The number of hydrogen-bond donors (Lipinski definition) is 3. The van der Waals surface area contributed by atoms with E-state index in [1.807, 2.05) is 0 Å². The van der Waals surface area contributed by atoms with Gasteiger partial charge in [-0.2, -0.15) is 0 Å². The molecule has 0 heterocycles. The summed E-state index contributed by atoms with van der Waals surface area (Å²) in [6, 6.07) is 11.1. The molecule has 0 saturated heterocycles. The number of aliphatic hydroxyl groups is 1. The van der Waals surface area contributed by atoms with Crippen LogP contribution in [0.1, 0.15) is 27.6 Å². The predicted octanol–water partition coefficient (Wildman–Crippen LogP) is 2.38. The number of carboxylic acid groups (broad SMARTS) is 1. The number of hydrogen-bond acceptors (Lipinski definition) is 4. The normalized spacial score (nSPS) is 11.9. The standard InChI is InChI=1S/C15H12BrNO4/c16-9-6-4-8(5-7-9)13(18)10-2-1-3-11(12(10)17)14(19)15(20)21/h1-7,14,19H,17H2,(H,20,21). The van der Waals surface area contributed by atoms with Gasteiger partial charge in [-0.3, -0.25) is 4.79 Å². The van der Waals surface area contributed by atoms with Gasteiger partial charge in [-0.15, -0.1) is 0 Å². The number of halogens is 1. The van der Waals surface area contributed by atoms with Crippen LogP contribution in [-0.2, 0) is 4.79 Å². The predicted molar refractivity (Wildman–Crippen MR) is 81.0 cm³/mol. The molecule has 0 saturated carbocycles. The SMILES string of the molecule is Nc1c(C(=O)c2ccc(Br)cc2)cccc1C(O)C(=O)O. The second-order valence-electron chi connectivity index (χ2n) is 4.39. The van der Waals surface area contributed by atoms with Crippen LogP contribution in [-0.4, -0.2) is 22.0 Å². The van der Waals surface area contributed by atoms with E-state index in [4.69, 9.17) is 10.8 Å². The molecule has 0 spiro atoms. The van der Waals surface area contributed by atoms with Crippen molar-refractivity contribution in [3.8, 4) is 0 Å². The quantitative estimate of drug-likeness (QED) is 0.581. The van der Waals surface area contributed by atoms with Crippen molar-refractivity contribution in [1.29, 1.82) is 0 Å². The van der Waals surface area contributed by atoms with Gasteiger partial charge >= 0.3 is 5.97 Å². The maximum absolute atomic E-state index is 12.4. The maximum atomic E-state index is 12.4. The van der Waals surface area contributed by atoms with E-state index >= 15 is 0 Å². The van der Waals surface area contributed by atoms with E-state index in [9.17, 15) is 14.7 Å². The minimum atomic E-state index is -1.76. The Morgan fingerprint density at radius 2 is 1.71 bits per heavy atom. The summed E-state index contributed by atoms with van der Waals surface area (Å²) >= 11 is 3.28. The van der Waals surface area contributed by atoms with E-state index in [2.05, 4.69) is 15.9 Å². The molecule has 5 nitrogen and oxygen atoms in total. The van der Waals surface area contributed by atoms with Gasteiger partial charge < -0.3 is 15.9 Å². The lowest BCUT2D eigenvalue weighted by Gasteiger charge is -2.12. The highest BCUT2D eigenvalue weighted by Crippen LogP contribution is 2.26. The number of carbonyl (C=O) groups is 2. The molecule has 0 aliphatic carbocycles. The summed E-state index contributed by atoms with van der Waals surface area (Å²) in [5.41, 5.74) is 6.40. The van der Waals surface area contributed by atoms with Crippen LogP contribution in [0.5, 0.6) is 0 Å². The molecule has 0 aliphatic heterocycles. The third-order valence-corrected chi connectivity index (χ3v) is 3.55. The van der Waals surface area contributed by atoms with Crippen LogP contribution in [0, 0.1) is 0 Å². The number of anilines is 1. The molecule has 2 aromatic rings. The monoisotopic (exact) mass is 349 g/mol. The highest BCUT2D eigenvalue weighted by atomic mass is 79.9. The lowest BCUT2D eigenvalue weighted by Crippen LogP contribution is -2.15. The lowest BCUT2D eigenvalue weighted by atomic mass is 9.97. The lowest BCUT2D eigenvalue weighted by molar-refractivity contribution is -0.146. The fourth-order valence-corrected chi connectivity index (χ4v) is 2.17. The van der Waals surface area contributed by atoms with E-state index in [1.54, 1.807) is 24.3 Å². The number of carbonyl (C=O) groups excluding carboxylic acids is 1. The summed E-state index contributed by atoms with van der Waals surface area (Å²) in [6.07, 6.45) is -1.76. The Bertz CT molecular complexity index is 697. The zero-order valence-corrected chi connectivity index (χ0v) is 12.4. The largest absolute Gasteiger partial charge is 0.479 e. The molecule has 0 radical (unpaired) electrons. The summed E-state index contributed by atoms with van der Waals surface area (Å²) in [5, 5.41) is 18.4. The zero-order chi connectivity index (χ0) is 15.6. The third-order valence-electron chi connectivity index (χ3n) is 3.02. The number of carboxylic acids is 1. The van der Waals surface area contributed by atoms with Crippen LogP contribution in [0.3, 0.4) is 0 Å². The molecule has 1 unspecified atom stereocenters. The van der Waals surface area contributed by atoms with Crippen molar-refractivity contribution >= 4 is 33.4 Å². The van der Waals surface area contributed by atoms with Crippen LogP contribution in [0.4, 0.5) is 5.69 Å². The number of nitrogen functional groups attached to an aromatic ring is 1. The molecule has 4 N–H and O–H groups in total. The molecule has 0 amide bonds. The number of aliphatic carboxylic acids is 1. The van der Waals surface area contributed by atoms with E-state index in [1.165, 1.54) is 18.2 Å². The molecule has 1 atom stereocenters. The summed E-state index contributed by atoms with van der Waals surface area (Å²) in [5.74, 6) is -1.76. The molecule has 21 heavy (non-hydrogen) atoms. The fraction of sp³-hybridized carbons (Fsp3) is 0.0667. The Morgan fingerprint density at radius 3 is 2.29 bits per heavy atom. The van der Waals surface area contributed by atoms with Crippen molar-refractivity contribution in [3.05, 3.63) is 63.6 Å². The molecule has 0 aliphatic rings. The maximum Gasteiger partial charge on any atom is 0.337 e. The third kappa shape index (κ3) is 3.12. The van der Waals surface area contributed by atoms with Crippen molar-refractivity contribution in [2.24, 2.45) is 0 Å². The van der Waals surface area contributed by atoms with E-state index in [0.29, 0.717) is 5.56 Å². The molecule has 2 rings (SSSR count). The van der Waals surface area contributed by atoms with Gasteiger partial charge in [-0.25, -0.2) is 4.79 Å². The molecule has 6 heteroatoms. The Morgan fingerprint density at radius 1 is 1.10 bits per heavy atom. The molecule has 108 valence electrons. The molecule has 0 bridgehead atoms. The molecular formula is C15H12BrNO4. The smallest absolute Gasteiger partial charge is 0.337 e. The Balaban J connectivity index is 2.45. The van der Waals surface area contributed by atoms with Crippen LogP contribution < -0.4 is 5.73 Å². The second kappa shape index (κ2) is 6.07. The topological polar surface area (TPSA) is 101 Å². The number of benzene rings is 2. The fourth-order valence-electron chi connectivity index (χ4n) is 1.91. The number of para-hydroxylation sites is 1. The number of rotatable bonds is 4. The van der Waals surface area contributed by atoms with Crippen molar-refractivity contribution in [1.82, 2.24) is 0 Å². The summed E-state index contributed by atoms with van der Waals surface area (Å²) in [7, 11) is 0. The van der Waals surface area contributed by atoms with Gasteiger partial charge in [0.2, 0.25) is 0 Å². The number of aliphatic hydroxyl groups excluding tert-OH is 1. The first-order valence-corrected chi connectivity index (χ1v) is 6.80. The summed E-state index contributed by atoms with van der Waals surface area (Å²) in [4.78, 5) is 23.2. The van der Waals surface area contributed by atoms with E-state index in [0.717, 1.165) is 4.47 Å². The molecule has 2 aromatic carbocycles. The Kier molecular flexibility index (Phi) is 4.40. The first kappa shape index (κ1) is 15.2. The minimum Gasteiger partial charge on any atom is -0.479 e. The van der Waals surface area contributed by atoms with Gasteiger partial charge in [0.05, 0.1) is 0 Å². The Labute approximate surface area is 129 Å². The van der Waals surface area contributed by atoms with Gasteiger partial charge in [0, 0.05) is 26.9 Å². The van der Waals surface area contributed by atoms with Crippen molar-refractivity contribution in [2.45, 2.75) is 6.10 Å². The highest BCUT2D eigenvalue weighted by molar-refractivity contribution is 9.10. The minimum absolute atomic E-state index is 0.00506. The van der Waals surface area contributed by atoms with Gasteiger partial charge in [0.15, 0.2) is 11.9 Å². The van der Waals surface area contributed by atoms with Crippen LogP contribution in [0.15, 0.2) is 46.9 Å². The zero-order valence-electron chi connectivity index (χ0n) is 10.8. The van der Waals surface area contributed by atoms with E-state index in [-0.39, 0.29) is 22.6 Å². The van der Waals surface area contributed by atoms with Gasteiger partial charge in [0.25, 0.3) is 0 Å². The first-order chi connectivity index (χ1) is 9.91. The average Bonchev–Trinajstić information content (AvgIpc) is 2.47. The molecule has 0 aromatic heterocycles. The van der Waals surface area contributed by atoms with Gasteiger partial charge in [-0.05, 0) is 30.3 Å². The van der Waals surface area contributed by atoms with Crippen molar-refractivity contribution < 1.29 is 19.8 Å². The van der Waals surface area contributed by atoms with Gasteiger partial charge in [0.1, 0.15) is 0 Å². The first-order valence-electron chi connectivity index (χ1n) is 6.01.